The number of ether oxygens (including phenoxy) is 1. The van der Waals surface area contributed by atoms with Crippen LogP contribution in [0.5, 0.6) is 5.75 Å². The summed E-state index contributed by atoms with van der Waals surface area (Å²) in [5.74, 6) is -1.76. The molecule has 0 saturated carbocycles. The highest BCUT2D eigenvalue weighted by Crippen LogP contribution is 2.25. The first-order valence-corrected chi connectivity index (χ1v) is 7.85. The lowest BCUT2D eigenvalue weighted by Gasteiger charge is -2.15. The van der Waals surface area contributed by atoms with Gasteiger partial charge in [-0.25, -0.2) is 4.39 Å². The molecule has 2 aromatic rings. The molecule has 0 aliphatic heterocycles. The van der Waals surface area contributed by atoms with Gasteiger partial charge in [-0.2, -0.15) is 0 Å². The highest BCUT2D eigenvalue weighted by molar-refractivity contribution is 9.10. The number of thiophene rings is 1. The van der Waals surface area contributed by atoms with E-state index in [1.807, 2.05) is 0 Å². The molecule has 3 N–H and O–H groups in total. The van der Waals surface area contributed by atoms with Crippen LogP contribution in [0.4, 0.5) is 9.39 Å². The summed E-state index contributed by atoms with van der Waals surface area (Å²) in [4.78, 5) is 23.2. The Morgan fingerprint density at radius 2 is 2.14 bits per heavy atom. The summed E-state index contributed by atoms with van der Waals surface area (Å²) in [6.07, 6.45) is -0.946. The van der Waals surface area contributed by atoms with Crippen molar-refractivity contribution in [2.75, 3.05) is 5.32 Å². The van der Waals surface area contributed by atoms with E-state index in [4.69, 9.17) is 10.5 Å². The van der Waals surface area contributed by atoms with Crippen molar-refractivity contribution in [3.63, 3.8) is 0 Å². The summed E-state index contributed by atoms with van der Waals surface area (Å²) in [5, 5.41) is 4.52. The predicted molar refractivity (Wildman–Crippen MR) is 85.7 cm³/mol. The molecule has 0 radical (unpaired) electrons. The van der Waals surface area contributed by atoms with E-state index in [-0.39, 0.29) is 11.3 Å². The number of nitrogens with one attached hydrogen (secondary N) is 1. The highest BCUT2D eigenvalue weighted by Gasteiger charge is 2.19. The van der Waals surface area contributed by atoms with E-state index in [9.17, 15) is 14.0 Å². The Bertz CT molecular complexity index is 720. The van der Waals surface area contributed by atoms with Crippen LogP contribution in [-0.4, -0.2) is 17.9 Å². The maximum absolute atomic E-state index is 13.7. The number of carbonyl (C=O) groups is 2. The van der Waals surface area contributed by atoms with Gasteiger partial charge in [0, 0.05) is 4.47 Å². The van der Waals surface area contributed by atoms with Crippen LogP contribution in [0.1, 0.15) is 17.3 Å². The Morgan fingerprint density at radius 3 is 2.77 bits per heavy atom. The fourth-order valence-corrected chi connectivity index (χ4v) is 2.76. The van der Waals surface area contributed by atoms with Crippen LogP contribution < -0.4 is 15.8 Å². The zero-order valence-electron chi connectivity index (χ0n) is 11.4. The molecule has 1 aromatic carbocycles. The molecule has 5 nitrogen and oxygen atoms in total. The number of benzene rings is 1. The van der Waals surface area contributed by atoms with Crippen LogP contribution in [0.3, 0.4) is 0 Å². The molecular formula is C14H12BrFN2O3S. The smallest absolute Gasteiger partial charge is 0.265 e. The number of hydrogen-bond donors (Lipinski definition) is 2. The SMILES string of the molecule is C[C@@H](Oc1ccc(Br)cc1F)C(=O)Nc1sccc1C(N)=O. The summed E-state index contributed by atoms with van der Waals surface area (Å²) in [6.45, 7) is 1.48. The summed E-state index contributed by atoms with van der Waals surface area (Å²) in [7, 11) is 0. The Kier molecular flexibility index (Phi) is 5.15. The van der Waals surface area contributed by atoms with Gasteiger partial charge >= 0.3 is 0 Å². The molecule has 2 amide bonds. The van der Waals surface area contributed by atoms with Gasteiger partial charge in [0.05, 0.1) is 5.56 Å². The molecule has 1 heterocycles. The zero-order chi connectivity index (χ0) is 16.3. The molecule has 1 atom stereocenters. The third kappa shape index (κ3) is 3.83. The van der Waals surface area contributed by atoms with Gasteiger partial charge in [0.15, 0.2) is 17.7 Å². The second-order valence-corrected chi connectivity index (χ2v) is 6.18. The maximum atomic E-state index is 13.7. The first-order chi connectivity index (χ1) is 10.4. The maximum Gasteiger partial charge on any atom is 0.265 e. The van der Waals surface area contributed by atoms with E-state index in [0.717, 1.165) is 0 Å². The molecule has 116 valence electrons. The van der Waals surface area contributed by atoms with Crippen molar-refractivity contribution < 1.29 is 18.7 Å². The fourth-order valence-electron chi connectivity index (χ4n) is 1.63. The van der Waals surface area contributed by atoms with Crippen molar-refractivity contribution in [1.82, 2.24) is 0 Å². The number of anilines is 1. The van der Waals surface area contributed by atoms with E-state index >= 15 is 0 Å². The number of carbonyl (C=O) groups excluding carboxylic acids is 2. The van der Waals surface area contributed by atoms with E-state index in [0.29, 0.717) is 9.47 Å². The highest BCUT2D eigenvalue weighted by atomic mass is 79.9. The third-order valence-electron chi connectivity index (χ3n) is 2.73. The number of hydrogen-bond acceptors (Lipinski definition) is 4. The second-order valence-electron chi connectivity index (χ2n) is 4.35. The van der Waals surface area contributed by atoms with Crippen LogP contribution in [0.2, 0.25) is 0 Å². The molecule has 0 saturated heterocycles. The zero-order valence-corrected chi connectivity index (χ0v) is 13.8. The number of rotatable bonds is 5. The number of amides is 2. The largest absolute Gasteiger partial charge is 0.478 e. The standard InChI is InChI=1S/C14H12BrFN2O3S/c1-7(21-11-3-2-8(15)6-10(11)16)13(20)18-14-9(12(17)19)4-5-22-14/h2-7H,1H3,(H2,17,19)(H,18,20)/t7-/m1/s1. The van der Waals surface area contributed by atoms with Crippen LogP contribution in [0.15, 0.2) is 34.1 Å². The van der Waals surface area contributed by atoms with Gasteiger partial charge in [0.25, 0.3) is 11.8 Å². The van der Waals surface area contributed by atoms with Gasteiger partial charge in [0.1, 0.15) is 5.00 Å². The molecule has 2 rings (SSSR count). The topological polar surface area (TPSA) is 81.4 Å². The minimum atomic E-state index is -0.946. The molecule has 0 aliphatic rings. The summed E-state index contributed by atoms with van der Waals surface area (Å²) in [6, 6.07) is 5.78. The minimum absolute atomic E-state index is 0.0350. The van der Waals surface area contributed by atoms with E-state index in [2.05, 4.69) is 21.2 Å². The molecule has 0 unspecified atom stereocenters. The molecule has 1 aromatic heterocycles. The van der Waals surface area contributed by atoms with E-state index in [1.165, 1.54) is 36.5 Å². The Hall–Kier alpha value is -1.93. The lowest BCUT2D eigenvalue weighted by molar-refractivity contribution is -0.122. The van der Waals surface area contributed by atoms with Gasteiger partial charge in [0.2, 0.25) is 0 Å². The Labute approximate surface area is 138 Å². The fraction of sp³-hybridized carbons (Fsp3) is 0.143. The average molecular weight is 387 g/mol. The average Bonchev–Trinajstić information content (AvgIpc) is 2.90. The number of primary amides is 1. The molecule has 22 heavy (non-hydrogen) atoms. The normalized spacial score (nSPS) is 11.8. The van der Waals surface area contributed by atoms with E-state index in [1.54, 1.807) is 11.4 Å². The third-order valence-corrected chi connectivity index (χ3v) is 4.06. The molecule has 0 fully saturated rings. The van der Waals surface area contributed by atoms with Crippen LogP contribution in [0, 0.1) is 5.82 Å². The van der Waals surface area contributed by atoms with Crippen molar-refractivity contribution in [2.24, 2.45) is 5.73 Å². The Morgan fingerprint density at radius 1 is 1.41 bits per heavy atom. The monoisotopic (exact) mass is 386 g/mol. The van der Waals surface area contributed by atoms with Crippen molar-refractivity contribution >= 4 is 44.1 Å². The summed E-state index contributed by atoms with van der Waals surface area (Å²) >= 11 is 4.30. The first-order valence-electron chi connectivity index (χ1n) is 6.18. The molecule has 0 bridgehead atoms. The second kappa shape index (κ2) is 6.89. The molecule has 8 heteroatoms. The number of nitrogens with two attached hydrogens (primary N) is 1. The van der Waals surface area contributed by atoms with Gasteiger partial charge in [-0.05, 0) is 36.6 Å². The van der Waals surface area contributed by atoms with Gasteiger partial charge in [-0.1, -0.05) is 15.9 Å². The van der Waals surface area contributed by atoms with Crippen LogP contribution >= 0.6 is 27.3 Å². The quantitative estimate of drug-likeness (QED) is 0.827. The minimum Gasteiger partial charge on any atom is -0.478 e. The van der Waals surface area contributed by atoms with Crippen LogP contribution in [0.25, 0.3) is 0 Å². The summed E-state index contributed by atoms with van der Waals surface area (Å²) < 4.78 is 19.5. The molecule has 0 spiro atoms. The van der Waals surface area contributed by atoms with Crippen molar-refractivity contribution in [3.05, 3.63) is 45.5 Å². The van der Waals surface area contributed by atoms with Gasteiger partial charge < -0.3 is 15.8 Å². The Balaban J connectivity index is 2.06. The van der Waals surface area contributed by atoms with Crippen molar-refractivity contribution in [3.8, 4) is 5.75 Å². The molecule has 0 aliphatic carbocycles. The summed E-state index contributed by atoms with van der Waals surface area (Å²) in [5.41, 5.74) is 5.42. The first kappa shape index (κ1) is 16.4. The van der Waals surface area contributed by atoms with Crippen LogP contribution in [-0.2, 0) is 4.79 Å². The van der Waals surface area contributed by atoms with Gasteiger partial charge in [-0.3, -0.25) is 9.59 Å². The number of halogens is 2. The van der Waals surface area contributed by atoms with Gasteiger partial charge in [-0.15, -0.1) is 11.3 Å². The van der Waals surface area contributed by atoms with Crippen molar-refractivity contribution in [1.29, 1.82) is 0 Å². The predicted octanol–water partition coefficient (Wildman–Crippen LogP) is 3.15. The lowest BCUT2D eigenvalue weighted by atomic mass is 10.3. The molecular weight excluding hydrogens is 375 g/mol. The van der Waals surface area contributed by atoms with Crippen molar-refractivity contribution in [2.45, 2.75) is 13.0 Å². The van der Waals surface area contributed by atoms with E-state index < -0.39 is 23.7 Å². The lowest BCUT2D eigenvalue weighted by Crippen LogP contribution is -2.30.